The zero-order valence-corrected chi connectivity index (χ0v) is 10.4. The summed E-state index contributed by atoms with van der Waals surface area (Å²) in [5, 5.41) is 5.72. The van der Waals surface area contributed by atoms with Crippen LogP contribution < -0.4 is 10.1 Å². The number of ether oxygens (including phenoxy) is 1. The van der Waals surface area contributed by atoms with Gasteiger partial charge in [-0.3, -0.25) is 4.98 Å². The summed E-state index contributed by atoms with van der Waals surface area (Å²) in [5.41, 5.74) is 0. The molecule has 0 saturated carbocycles. The molecule has 2 aromatic rings. The van der Waals surface area contributed by atoms with Crippen LogP contribution in [-0.4, -0.2) is 24.7 Å². The Labute approximate surface area is 107 Å². The number of aromatic nitrogens is 1. The van der Waals surface area contributed by atoms with Crippen LogP contribution in [0.25, 0.3) is 10.8 Å². The highest BCUT2D eigenvalue weighted by molar-refractivity contribution is 5.82. The van der Waals surface area contributed by atoms with Crippen LogP contribution in [0.4, 0.5) is 0 Å². The lowest BCUT2D eigenvalue weighted by Crippen LogP contribution is -2.30. The van der Waals surface area contributed by atoms with Crippen LogP contribution in [0.5, 0.6) is 5.75 Å². The molecule has 1 N–H and O–H groups in total. The second kappa shape index (κ2) is 5.36. The molecular formula is C15H18N2O. The molecule has 3 rings (SSSR count). The molecule has 1 aliphatic heterocycles. The Balaban J connectivity index is 1.66. The Hall–Kier alpha value is -1.61. The maximum absolute atomic E-state index is 5.91. The quantitative estimate of drug-likeness (QED) is 0.898. The van der Waals surface area contributed by atoms with E-state index in [0.717, 1.165) is 30.8 Å². The molecule has 2 heterocycles. The van der Waals surface area contributed by atoms with Gasteiger partial charge in [-0.05, 0) is 61.5 Å². The molecule has 18 heavy (non-hydrogen) atoms. The fourth-order valence-electron chi connectivity index (χ4n) is 2.41. The maximum atomic E-state index is 5.91. The molecule has 1 aliphatic rings. The normalized spacial score (nSPS) is 16.9. The fraction of sp³-hybridized carbons (Fsp3) is 0.400. The van der Waals surface area contributed by atoms with Gasteiger partial charge in [0.1, 0.15) is 5.75 Å². The zero-order valence-electron chi connectivity index (χ0n) is 10.4. The highest BCUT2D eigenvalue weighted by Crippen LogP contribution is 2.21. The van der Waals surface area contributed by atoms with Crippen LogP contribution in [0.1, 0.15) is 12.8 Å². The monoisotopic (exact) mass is 242 g/mol. The Kier molecular flexibility index (Phi) is 3.42. The standard InChI is InChI=1S/C15H18N2O/c1-2-15(9-13-5-8-17-10-14(1)13)18-11-12-3-6-16-7-4-12/h1-2,5,8-10,12,16H,3-4,6-7,11H2. The summed E-state index contributed by atoms with van der Waals surface area (Å²) in [6.07, 6.45) is 6.14. The van der Waals surface area contributed by atoms with Gasteiger partial charge in [-0.25, -0.2) is 0 Å². The first-order valence-electron chi connectivity index (χ1n) is 6.59. The number of benzene rings is 1. The molecule has 0 unspecified atom stereocenters. The number of fused-ring (bicyclic) bond motifs is 1. The van der Waals surface area contributed by atoms with Gasteiger partial charge in [0, 0.05) is 17.8 Å². The average molecular weight is 242 g/mol. The van der Waals surface area contributed by atoms with Crippen molar-refractivity contribution in [3.05, 3.63) is 36.7 Å². The minimum Gasteiger partial charge on any atom is -0.493 e. The van der Waals surface area contributed by atoms with E-state index in [-0.39, 0.29) is 0 Å². The van der Waals surface area contributed by atoms with Crippen molar-refractivity contribution in [2.45, 2.75) is 12.8 Å². The van der Waals surface area contributed by atoms with Crippen LogP contribution >= 0.6 is 0 Å². The molecule has 94 valence electrons. The van der Waals surface area contributed by atoms with E-state index in [4.69, 9.17) is 4.74 Å². The number of piperidine rings is 1. The lowest BCUT2D eigenvalue weighted by atomic mass is 9.99. The molecule has 0 radical (unpaired) electrons. The highest BCUT2D eigenvalue weighted by atomic mass is 16.5. The Morgan fingerprint density at radius 1 is 1.17 bits per heavy atom. The first kappa shape index (κ1) is 11.5. The van der Waals surface area contributed by atoms with Crippen LogP contribution in [-0.2, 0) is 0 Å². The molecule has 1 fully saturated rings. The van der Waals surface area contributed by atoms with E-state index in [1.807, 2.05) is 24.5 Å². The second-order valence-electron chi connectivity index (χ2n) is 4.89. The van der Waals surface area contributed by atoms with E-state index in [1.165, 1.54) is 18.2 Å². The summed E-state index contributed by atoms with van der Waals surface area (Å²) in [7, 11) is 0. The zero-order chi connectivity index (χ0) is 12.2. The number of hydrogen-bond donors (Lipinski definition) is 1. The summed E-state index contributed by atoms with van der Waals surface area (Å²) < 4.78 is 5.91. The van der Waals surface area contributed by atoms with Crippen molar-refractivity contribution in [3.63, 3.8) is 0 Å². The van der Waals surface area contributed by atoms with E-state index in [2.05, 4.69) is 22.4 Å². The van der Waals surface area contributed by atoms with Crippen molar-refractivity contribution in [1.29, 1.82) is 0 Å². The molecule has 0 spiro atoms. The van der Waals surface area contributed by atoms with Crippen LogP contribution in [0.15, 0.2) is 36.7 Å². The summed E-state index contributed by atoms with van der Waals surface area (Å²) in [6.45, 7) is 3.08. The lowest BCUT2D eigenvalue weighted by Gasteiger charge is -2.22. The van der Waals surface area contributed by atoms with Gasteiger partial charge in [0.25, 0.3) is 0 Å². The maximum Gasteiger partial charge on any atom is 0.119 e. The Morgan fingerprint density at radius 2 is 2.06 bits per heavy atom. The third-order valence-corrected chi connectivity index (χ3v) is 3.56. The Bertz CT molecular complexity index is 521. The number of pyridine rings is 1. The number of rotatable bonds is 3. The van der Waals surface area contributed by atoms with Crippen molar-refractivity contribution in [2.75, 3.05) is 19.7 Å². The van der Waals surface area contributed by atoms with Crippen molar-refractivity contribution in [3.8, 4) is 5.75 Å². The molecule has 0 atom stereocenters. The first-order chi connectivity index (χ1) is 8.92. The van der Waals surface area contributed by atoms with E-state index >= 15 is 0 Å². The van der Waals surface area contributed by atoms with Gasteiger partial charge in [-0.15, -0.1) is 0 Å². The molecule has 1 aromatic carbocycles. The largest absolute Gasteiger partial charge is 0.493 e. The van der Waals surface area contributed by atoms with Crippen LogP contribution in [0, 0.1) is 5.92 Å². The minimum atomic E-state index is 0.694. The highest BCUT2D eigenvalue weighted by Gasteiger charge is 2.13. The molecule has 3 nitrogen and oxygen atoms in total. The molecule has 0 aliphatic carbocycles. The third kappa shape index (κ3) is 2.62. The molecule has 0 bridgehead atoms. The molecule has 1 saturated heterocycles. The van der Waals surface area contributed by atoms with Crippen LogP contribution in [0.3, 0.4) is 0 Å². The van der Waals surface area contributed by atoms with Gasteiger partial charge < -0.3 is 10.1 Å². The smallest absolute Gasteiger partial charge is 0.119 e. The topological polar surface area (TPSA) is 34.1 Å². The van der Waals surface area contributed by atoms with Crippen molar-refractivity contribution >= 4 is 10.8 Å². The molecular weight excluding hydrogens is 224 g/mol. The molecule has 3 heteroatoms. The first-order valence-corrected chi connectivity index (χ1v) is 6.59. The predicted molar refractivity (Wildman–Crippen MR) is 72.8 cm³/mol. The van der Waals surface area contributed by atoms with Gasteiger partial charge in [-0.2, -0.15) is 0 Å². The van der Waals surface area contributed by atoms with Gasteiger partial charge in [0.05, 0.1) is 6.61 Å². The van der Waals surface area contributed by atoms with Crippen molar-refractivity contribution < 1.29 is 4.74 Å². The van der Waals surface area contributed by atoms with Gasteiger partial charge in [0.2, 0.25) is 0 Å². The number of nitrogens with zero attached hydrogens (tertiary/aromatic N) is 1. The summed E-state index contributed by atoms with van der Waals surface area (Å²) in [4.78, 5) is 4.11. The fourth-order valence-corrected chi connectivity index (χ4v) is 2.41. The minimum absolute atomic E-state index is 0.694. The molecule has 0 amide bonds. The molecule has 1 aromatic heterocycles. The van der Waals surface area contributed by atoms with E-state index in [1.54, 1.807) is 0 Å². The predicted octanol–water partition coefficient (Wildman–Crippen LogP) is 2.61. The second-order valence-corrected chi connectivity index (χ2v) is 4.89. The van der Waals surface area contributed by atoms with E-state index < -0.39 is 0 Å². The van der Waals surface area contributed by atoms with E-state index in [0.29, 0.717) is 5.92 Å². The number of nitrogens with one attached hydrogen (secondary N) is 1. The third-order valence-electron chi connectivity index (χ3n) is 3.56. The van der Waals surface area contributed by atoms with Gasteiger partial charge in [-0.1, -0.05) is 0 Å². The van der Waals surface area contributed by atoms with Crippen molar-refractivity contribution in [2.24, 2.45) is 5.92 Å². The number of hydrogen-bond acceptors (Lipinski definition) is 3. The Morgan fingerprint density at radius 3 is 2.94 bits per heavy atom. The van der Waals surface area contributed by atoms with Gasteiger partial charge >= 0.3 is 0 Å². The lowest BCUT2D eigenvalue weighted by molar-refractivity contribution is 0.215. The van der Waals surface area contributed by atoms with Crippen molar-refractivity contribution in [1.82, 2.24) is 10.3 Å². The van der Waals surface area contributed by atoms with E-state index in [9.17, 15) is 0 Å². The summed E-state index contributed by atoms with van der Waals surface area (Å²) in [5.74, 6) is 1.66. The average Bonchev–Trinajstić information content (AvgIpc) is 2.46. The summed E-state index contributed by atoms with van der Waals surface area (Å²) >= 11 is 0. The SMILES string of the molecule is c1cc2cc(OCC3CCNCC3)ccc2cn1. The van der Waals surface area contributed by atoms with Crippen LogP contribution in [0.2, 0.25) is 0 Å². The van der Waals surface area contributed by atoms with Gasteiger partial charge in [0.15, 0.2) is 0 Å². The summed E-state index contributed by atoms with van der Waals surface area (Å²) in [6, 6.07) is 8.22.